The van der Waals surface area contributed by atoms with E-state index in [2.05, 4.69) is 10.3 Å². The third-order valence-corrected chi connectivity index (χ3v) is 5.01. The Morgan fingerprint density at radius 1 is 1.04 bits per heavy atom. The van der Waals surface area contributed by atoms with Crippen LogP contribution in [0.3, 0.4) is 0 Å². The van der Waals surface area contributed by atoms with E-state index in [0.29, 0.717) is 23.1 Å². The highest BCUT2D eigenvalue weighted by Gasteiger charge is 2.12. The molecule has 0 saturated carbocycles. The number of anilines is 1. The van der Waals surface area contributed by atoms with Crippen molar-refractivity contribution < 1.29 is 14.3 Å². The number of nitrogens with zero attached hydrogens (tertiary/aromatic N) is 1. The maximum atomic E-state index is 12.2. The summed E-state index contributed by atoms with van der Waals surface area (Å²) in [6.45, 7) is 0.0594. The molecule has 1 amide bonds. The molecule has 3 rings (SSSR count). The summed E-state index contributed by atoms with van der Waals surface area (Å²) in [6, 6.07) is 10.0. The molecular weight excluding hydrogens is 431 g/mol. The first-order chi connectivity index (χ1) is 13.0. The molecule has 0 aliphatic rings. The third-order valence-electron chi connectivity index (χ3n) is 3.35. The summed E-state index contributed by atoms with van der Waals surface area (Å²) >= 11 is 19.3. The summed E-state index contributed by atoms with van der Waals surface area (Å²) in [6.07, 6.45) is 0. The van der Waals surface area contributed by atoms with Crippen LogP contribution in [-0.2, 0) is 11.4 Å². The lowest BCUT2D eigenvalue weighted by molar-refractivity contribution is -0.118. The second-order valence-corrected chi connectivity index (χ2v) is 7.24. The van der Waals surface area contributed by atoms with Crippen molar-refractivity contribution in [2.45, 2.75) is 6.61 Å². The van der Waals surface area contributed by atoms with Gasteiger partial charge in [-0.25, -0.2) is 4.98 Å². The molecule has 0 aliphatic carbocycles. The molecule has 1 heterocycles. The Morgan fingerprint density at radius 3 is 2.59 bits per heavy atom. The van der Waals surface area contributed by atoms with Gasteiger partial charge in [-0.1, -0.05) is 46.9 Å². The highest BCUT2D eigenvalue weighted by atomic mass is 35.5. The Kier molecular flexibility index (Phi) is 6.79. The molecule has 27 heavy (non-hydrogen) atoms. The van der Waals surface area contributed by atoms with Crippen LogP contribution in [0.5, 0.6) is 11.5 Å². The lowest BCUT2D eigenvalue weighted by Gasteiger charge is -2.13. The third kappa shape index (κ3) is 5.49. The number of hydrogen-bond donors (Lipinski definition) is 1. The van der Waals surface area contributed by atoms with Gasteiger partial charge in [-0.15, -0.1) is 11.3 Å². The van der Waals surface area contributed by atoms with E-state index in [0.717, 1.165) is 5.69 Å². The normalized spacial score (nSPS) is 10.5. The maximum absolute atomic E-state index is 12.2. The van der Waals surface area contributed by atoms with Gasteiger partial charge in [0, 0.05) is 11.4 Å². The van der Waals surface area contributed by atoms with E-state index >= 15 is 0 Å². The zero-order valence-corrected chi connectivity index (χ0v) is 16.8. The minimum Gasteiger partial charge on any atom is -0.485 e. The standard InChI is InChI=1S/C18H13Cl3N2O3S/c19-12-5-14(21)17(6-13(12)20)26-8-18(24)23-15-3-1-2-4-16(15)25-7-11-9-27-10-22-11/h1-6,9-10H,7-8H2,(H,23,24). The number of aromatic nitrogens is 1. The van der Waals surface area contributed by atoms with Crippen molar-refractivity contribution in [1.29, 1.82) is 0 Å². The van der Waals surface area contributed by atoms with Gasteiger partial charge < -0.3 is 14.8 Å². The number of rotatable bonds is 7. The Balaban J connectivity index is 1.60. The van der Waals surface area contributed by atoms with Crippen LogP contribution >= 0.6 is 46.1 Å². The number of carbonyl (C=O) groups is 1. The first-order valence-electron chi connectivity index (χ1n) is 7.69. The van der Waals surface area contributed by atoms with Gasteiger partial charge in [0.15, 0.2) is 6.61 Å². The van der Waals surface area contributed by atoms with E-state index < -0.39 is 0 Å². The molecule has 0 radical (unpaired) electrons. The molecule has 0 unspecified atom stereocenters. The number of amides is 1. The van der Waals surface area contributed by atoms with Crippen LogP contribution in [0.15, 0.2) is 47.3 Å². The first-order valence-corrected chi connectivity index (χ1v) is 9.76. The van der Waals surface area contributed by atoms with Crippen LogP contribution in [0.2, 0.25) is 15.1 Å². The molecule has 0 atom stereocenters. The van der Waals surface area contributed by atoms with E-state index in [4.69, 9.17) is 44.3 Å². The fourth-order valence-electron chi connectivity index (χ4n) is 2.10. The summed E-state index contributed by atoms with van der Waals surface area (Å²) in [4.78, 5) is 16.4. The molecule has 2 aromatic carbocycles. The lowest BCUT2D eigenvalue weighted by Crippen LogP contribution is -2.20. The second-order valence-electron chi connectivity index (χ2n) is 5.30. The average Bonchev–Trinajstić information content (AvgIpc) is 3.16. The van der Waals surface area contributed by atoms with Crippen molar-refractivity contribution in [2.75, 3.05) is 11.9 Å². The van der Waals surface area contributed by atoms with Gasteiger partial charge in [-0.2, -0.15) is 0 Å². The quantitative estimate of drug-likeness (QED) is 0.476. The van der Waals surface area contributed by atoms with E-state index in [-0.39, 0.29) is 28.3 Å². The summed E-state index contributed by atoms with van der Waals surface area (Å²) in [5, 5.41) is 5.51. The predicted molar refractivity (Wildman–Crippen MR) is 108 cm³/mol. The minimum atomic E-state index is -0.373. The van der Waals surface area contributed by atoms with Gasteiger partial charge in [-0.05, 0) is 18.2 Å². The Bertz CT molecular complexity index is 936. The van der Waals surface area contributed by atoms with Gasteiger partial charge in [-0.3, -0.25) is 4.79 Å². The molecule has 5 nitrogen and oxygen atoms in total. The summed E-state index contributed by atoms with van der Waals surface area (Å²) < 4.78 is 11.2. The molecule has 3 aromatic rings. The van der Waals surface area contributed by atoms with Crippen molar-refractivity contribution in [3.05, 3.63) is 68.1 Å². The fourth-order valence-corrected chi connectivity index (χ4v) is 3.24. The van der Waals surface area contributed by atoms with Crippen molar-refractivity contribution in [3.63, 3.8) is 0 Å². The molecule has 0 aliphatic heterocycles. The van der Waals surface area contributed by atoms with E-state index in [9.17, 15) is 4.79 Å². The maximum Gasteiger partial charge on any atom is 0.262 e. The zero-order chi connectivity index (χ0) is 19.2. The van der Waals surface area contributed by atoms with Crippen molar-refractivity contribution in [3.8, 4) is 11.5 Å². The Morgan fingerprint density at radius 2 is 1.81 bits per heavy atom. The number of benzene rings is 2. The van der Waals surface area contributed by atoms with E-state index in [1.807, 2.05) is 11.4 Å². The number of hydrogen-bond acceptors (Lipinski definition) is 5. The van der Waals surface area contributed by atoms with Gasteiger partial charge >= 0.3 is 0 Å². The van der Waals surface area contributed by atoms with Gasteiger partial charge in [0.2, 0.25) is 0 Å². The number of ether oxygens (including phenoxy) is 2. The molecule has 1 aromatic heterocycles. The Labute approximate surface area is 174 Å². The summed E-state index contributed by atoms with van der Waals surface area (Å²) in [5.41, 5.74) is 3.08. The van der Waals surface area contributed by atoms with Crippen LogP contribution < -0.4 is 14.8 Å². The number of thiazole rings is 1. The zero-order valence-electron chi connectivity index (χ0n) is 13.7. The molecule has 140 valence electrons. The van der Waals surface area contributed by atoms with Gasteiger partial charge in [0.1, 0.15) is 18.1 Å². The molecule has 0 bridgehead atoms. The van der Waals surface area contributed by atoms with Gasteiger partial charge in [0.05, 0.1) is 32.0 Å². The highest BCUT2D eigenvalue weighted by molar-refractivity contribution is 7.07. The minimum absolute atomic E-state index is 0.252. The van der Waals surface area contributed by atoms with Crippen LogP contribution in [0.1, 0.15) is 5.69 Å². The van der Waals surface area contributed by atoms with Crippen LogP contribution in [0, 0.1) is 0 Å². The van der Waals surface area contributed by atoms with Crippen molar-refractivity contribution in [1.82, 2.24) is 4.98 Å². The largest absolute Gasteiger partial charge is 0.485 e. The highest BCUT2D eigenvalue weighted by Crippen LogP contribution is 2.34. The predicted octanol–water partition coefficient (Wildman–Crippen LogP) is 5.70. The van der Waals surface area contributed by atoms with E-state index in [1.165, 1.54) is 23.5 Å². The SMILES string of the molecule is O=C(COc1cc(Cl)c(Cl)cc1Cl)Nc1ccccc1OCc1cscn1. The van der Waals surface area contributed by atoms with Crippen LogP contribution in [-0.4, -0.2) is 17.5 Å². The number of para-hydroxylation sites is 2. The molecular formula is C18H13Cl3N2O3S. The number of carbonyl (C=O) groups excluding carboxylic acids is 1. The fraction of sp³-hybridized carbons (Fsp3) is 0.111. The molecule has 0 spiro atoms. The summed E-state index contributed by atoms with van der Waals surface area (Å²) in [5.74, 6) is 0.433. The monoisotopic (exact) mass is 442 g/mol. The van der Waals surface area contributed by atoms with Crippen LogP contribution in [0.4, 0.5) is 5.69 Å². The average molecular weight is 444 g/mol. The van der Waals surface area contributed by atoms with Gasteiger partial charge in [0.25, 0.3) is 5.91 Å². The second kappa shape index (κ2) is 9.28. The smallest absolute Gasteiger partial charge is 0.262 e. The van der Waals surface area contributed by atoms with Crippen molar-refractivity contribution in [2.24, 2.45) is 0 Å². The molecule has 1 N–H and O–H groups in total. The van der Waals surface area contributed by atoms with Crippen LogP contribution in [0.25, 0.3) is 0 Å². The molecule has 0 saturated heterocycles. The van der Waals surface area contributed by atoms with Crippen molar-refractivity contribution >= 4 is 57.7 Å². The topological polar surface area (TPSA) is 60.5 Å². The molecule has 0 fully saturated rings. The summed E-state index contributed by atoms with van der Waals surface area (Å²) in [7, 11) is 0. The number of nitrogens with one attached hydrogen (secondary N) is 1. The first kappa shape index (κ1) is 19.8. The Hall–Kier alpha value is -1.99. The van der Waals surface area contributed by atoms with E-state index in [1.54, 1.807) is 23.7 Å². The molecule has 9 heteroatoms. The lowest BCUT2D eigenvalue weighted by atomic mass is 10.3. The number of halogens is 3.